The van der Waals surface area contributed by atoms with Crippen molar-refractivity contribution in [2.24, 2.45) is 11.8 Å². The highest BCUT2D eigenvalue weighted by Gasteiger charge is 2.49. The minimum absolute atomic E-state index is 0.0524. The number of hydrogen-bond acceptors (Lipinski definition) is 2. The van der Waals surface area contributed by atoms with Gasteiger partial charge in [0.2, 0.25) is 11.8 Å². The Labute approximate surface area is 148 Å². The minimum Gasteiger partial charge on any atom is -0.338 e. The van der Waals surface area contributed by atoms with E-state index in [9.17, 15) is 9.59 Å². The lowest BCUT2D eigenvalue weighted by Gasteiger charge is -2.21. The van der Waals surface area contributed by atoms with Gasteiger partial charge in [-0.15, -0.1) is 0 Å². The maximum Gasteiger partial charge on any atom is 0.228 e. The maximum absolute atomic E-state index is 12.7. The van der Waals surface area contributed by atoms with E-state index in [1.165, 1.54) is 0 Å². The van der Waals surface area contributed by atoms with Gasteiger partial charge in [0.05, 0.1) is 11.8 Å². The Bertz CT molecular complexity index is 758. The second-order valence-corrected chi connectivity index (χ2v) is 6.59. The van der Waals surface area contributed by atoms with Gasteiger partial charge >= 0.3 is 0 Å². The highest BCUT2D eigenvalue weighted by Crippen LogP contribution is 2.41. The van der Waals surface area contributed by atoms with Crippen LogP contribution in [0, 0.1) is 18.8 Å². The molecule has 0 radical (unpaired) electrons. The van der Waals surface area contributed by atoms with Crippen LogP contribution < -0.4 is 5.32 Å². The van der Waals surface area contributed by atoms with E-state index in [0.717, 1.165) is 16.8 Å². The van der Waals surface area contributed by atoms with Crippen molar-refractivity contribution in [3.63, 3.8) is 0 Å². The molecule has 1 N–H and O–H groups in total. The first kappa shape index (κ1) is 17.2. The fraction of sp³-hybridized carbons (Fsp3) is 0.333. The number of nitrogens with zero attached hydrogens (tertiary/aromatic N) is 1. The molecule has 130 valence electrons. The molecule has 2 atom stereocenters. The molecule has 2 aromatic carbocycles. The second kappa shape index (κ2) is 7.51. The van der Waals surface area contributed by atoms with E-state index in [4.69, 9.17) is 0 Å². The van der Waals surface area contributed by atoms with E-state index in [-0.39, 0.29) is 23.7 Å². The Morgan fingerprint density at radius 2 is 1.72 bits per heavy atom. The van der Waals surface area contributed by atoms with Crippen molar-refractivity contribution in [3.8, 4) is 0 Å². The number of rotatable bonds is 6. The van der Waals surface area contributed by atoms with E-state index >= 15 is 0 Å². The van der Waals surface area contributed by atoms with Crippen LogP contribution in [0.25, 0.3) is 0 Å². The number of benzene rings is 2. The predicted molar refractivity (Wildman–Crippen MR) is 98.9 cm³/mol. The Kier molecular flexibility index (Phi) is 5.17. The summed E-state index contributed by atoms with van der Waals surface area (Å²) in [5.41, 5.74) is 2.96. The van der Waals surface area contributed by atoms with Gasteiger partial charge in [-0.2, -0.15) is 0 Å². The Morgan fingerprint density at radius 3 is 2.40 bits per heavy atom. The molecule has 25 heavy (non-hydrogen) atoms. The molecule has 4 heteroatoms. The van der Waals surface area contributed by atoms with Crippen LogP contribution in [0.3, 0.4) is 0 Å². The van der Waals surface area contributed by atoms with Crippen molar-refractivity contribution < 1.29 is 9.59 Å². The fourth-order valence-corrected chi connectivity index (χ4v) is 3.08. The normalized spacial score (nSPS) is 18.5. The van der Waals surface area contributed by atoms with Gasteiger partial charge in [0.1, 0.15) is 0 Å². The molecule has 2 aromatic rings. The van der Waals surface area contributed by atoms with Gasteiger partial charge in [0.25, 0.3) is 0 Å². The van der Waals surface area contributed by atoms with Gasteiger partial charge < -0.3 is 10.2 Å². The smallest absolute Gasteiger partial charge is 0.228 e. The fourth-order valence-electron chi connectivity index (χ4n) is 3.08. The summed E-state index contributed by atoms with van der Waals surface area (Å²) in [6.07, 6.45) is 0.641. The number of carbonyl (C=O) groups excluding carboxylic acids is 2. The zero-order chi connectivity index (χ0) is 17.8. The quantitative estimate of drug-likeness (QED) is 0.876. The lowest BCUT2D eigenvalue weighted by molar-refractivity contribution is -0.134. The summed E-state index contributed by atoms with van der Waals surface area (Å²) < 4.78 is 0. The first-order valence-corrected chi connectivity index (χ1v) is 8.79. The molecule has 4 nitrogen and oxygen atoms in total. The zero-order valence-corrected chi connectivity index (χ0v) is 14.7. The molecule has 0 aliphatic heterocycles. The van der Waals surface area contributed by atoms with Crippen molar-refractivity contribution in [1.29, 1.82) is 0 Å². The van der Waals surface area contributed by atoms with Crippen molar-refractivity contribution in [2.75, 3.05) is 11.9 Å². The van der Waals surface area contributed by atoms with Crippen LogP contribution in [-0.2, 0) is 16.1 Å². The van der Waals surface area contributed by atoms with Crippen LogP contribution in [0.1, 0.15) is 24.5 Å². The molecule has 0 spiro atoms. The molecule has 0 heterocycles. The number of anilines is 1. The van der Waals surface area contributed by atoms with Gasteiger partial charge in [0, 0.05) is 18.8 Å². The van der Waals surface area contributed by atoms with Crippen molar-refractivity contribution in [1.82, 2.24) is 4.90 Å². The molecule has 1 aliphatic rings. The predicted octanol–water partition coefficient (Wildman–Crippen LogP) is 3.62. The van der Waals surface area contributed by atoms with Crippen LogP contribution in [0.5, 0.6) is 0 Å². The van der Waals surface area contributed by atoms with Crippen LogP contribution in [-0.4, -0.2) is 23.3 Å². The first-order chi connectivity index (χ1) is 12.1. The summed E-state index contributed by atoms with van der Waals surface area (Å²) in [6, 6.07) is 17.6. The SMILES string of the molecule is CCN(Cc1ccccc1)C(=O)C1CC1C(=O)Nc1ccccc1C. The minimum atomic E-state index is -0.211. The lowest BCUT2D eigenvalue weighted by atomic mass is 10.1. The number of nitrogens with one attached hydrogen (secondary N) is 1. The average molecular weight is 336 g/mol. The van der Waals surface area contributed by atoms with Gasteiger partial charge in [-0.3, -0.25) is 9.59 Å². The standard InChI is InChI=1S/C21H24N2O2/c1-3-23(14-16-10-5-4-6-11-16)21(25)18-13-17(18)20(24)22-19-12-8-7-9-15(19)2/h4-12,17-18H,3,13-14H2,1-2H3,(H,22,24). The summed E-state index contributed by atoms with van der Waals surface area (Å²) in [5, 5.41) is 2.95. The molecule has 1 saturated carbocycles. The van der Waals surface area contributed by atoms with Crippen molar-refractivity contribution in [2.45, 2.75) is 26.8 Å². The summed E-state index contributed by atoms with van der Waals surface area (Å²) >= 11 is 0. The summed E-state index contributed by atoms with van der Waals surface area (Å²) in [5.74, 6) is -0.371. The molecule has 0 bridgehead atoms. The van der Waals surface area contributed by atoms with Crippen LogP contribution >= 0.6 is 0 Å². The summed E-state index contributed by atoms with van der Waals surface area (Å²) in [4.78, 5) is 27.0. The van der Waals surface area contributed by atoms with E-state index in [0.29, 0.717) is 19.5 Å². The molecule has 2 unspecified atom stereocenters. The van der Waals surface area contributed by atoms with Crippen LogP contribution in [0.2, 0.25) is 0 Å². The van der Waals surface area contributed by atoms with Crippen LogP contribution in [0.15, 0.2) is 54.6 Å². The van der Waals surface area contributed by atoms with Gasteiger partial charge in [-0.1, -0.05) is 48.5 Å². The van der Waals surface area contributed by atoms with E-state index in [1.807, 2.05) is 73.3 Å². The van der Waals surface area contributed by atoms with Crippen molar-refractivity contribution >= 4 is 17.5 Å². The van der Waals surface area contributed by atoms with Gasteiger partial charge in [-0.05, 0) is 37.5 Å². The second-order valence-electron chi connectivity index (χ2n) is 6.59. The number of hydrogen-bond donors (Lipinski definition) is 1. The highest BCUT2D eigenvalue weighted by molar-refractivity contribution is 5.99. The molecular formula is C21H24N2O2. The molecule has 1 aliphatic carbocycles. The number of aryl methyl sites for hydroxylation is 1. The Balaban J connectivity index is 1.59. The topological polar surface area (TPSA) is 49.4 Å². The zero-order valence-electron chi connectivity index (χ0n) is 14.7. The monoisotopic (exact) mass is 336 g/mol. The average Bonchev–Trinajstić information content (AvgIpc) is 3.43. The molecule has 0 saturated heterocycles. The number of carbonyl (C=O) groups is 2. The highest BCUT2D eigenvalue weighted by atomic mass is 16.2. The third-order valence-electron chi connectivity index (χ3n) is 4.76. The first-order valence-electron chi connectivity index (χ1n) is 8.79. The van der Waals surface area contributed by atoms with Gasteiger partial charge in [-0.25, -0.2) is 0 Å². The largest absolute Gasteiger partial charge is 0.338 e. The molecular weight excluding hydrogens is 312 g/mol. The number of para-hydroxylation sites is 1. The van der Waals surface area contributed by atoms with E-state index in [1.54, 1.807) is 0 Å². The maximum atomic E-state index is 12.7. The Morgan fingerprint density at radius 1 is 1.04 bits per heavy atom. The summed E-state index contributed by atoms with van der Waals surface area (Å²) in [6.45, 7) is 5.19. The van der Waals surface area contributed by atoms with Gasteiger partial charge in [0.15, 0.2) is 0 Å². The van der Waals surface area contributed by atoms with E-state index < -0.39 is 0 Å². The van der Waals surface area contributed by atoms with Crippen LogP contribution in [0.4, 0.5) is 5.69 Å². The number of amides is 2. The molecule has 3 rings (SSSR count). The molecule has 2 amide bonds. The summed E-state index contributed by atoms with van der Waals surface area (Å²) in [7, 11) is 0. The molecule has 1 fully saturated rings. The van der Waals surface area contributed by atoms with E-state index in [2.05, 4.69) is 5.32 Å². The lowest BCUT2D eigenvalue weighted by Crippen LogP contribution is -2.33. The molecule has 0 aromatic heterocycles. The third kappa shape index (κ3) is 4.08. The van der Waals surface area contributed by atoms with Crippen molar-refractivity contribution in [3.05, 3.63) is 65.7 Å². The third-order valence-corrected chi connectivity index (χ3v) is 4.76. The Hall–Kier alpha value is -2.62.